The number of hydrogen-bond acceptors (Lipinski definition) is 4. The fourth-order valence-corrected chi connectivity index (χ4v) is 2.15. The molecule has 0 radical (unpaired) electrons. The minimum atomic E-state index is -0.161. The van der Waals surface area contributed by atoms with Crippen LogP contribution < -0.4 is 20.5 Å². The lowest BCUT2D eigenvalue weighted by Crippen LogP contribution is -2.25. The van der Waals surface area contributed by atoms with E-state index >= 15 is 0 Å². The van der Waals surface area contributed by atoms with Gasteiger partial charge in [0.05, 0.1) is 14.2 Å². The molecule has 0 amide bonds. The van der Waals surface area contributed by atoms with E-state index in [4.69, 9.17) is 27.4 Å². The Hall–Kier alpha value is -2.86. The van der Waals surface area contributed by atoms with Crippen molar-refractivity contribution in [1.82, 2.24) is 5.32 Å². The molecule has 0 spiro atoms. The average molecular weight is 342 g/mol. The molecule has 0 unspecified atom stereocenters. The predicted octanol–water partition coefficient (Wildman–Crippen LogP) is 2.76. The zero-order valence-electron chi connectivity index (χ0n) is 13.4. The molecule has 2 aromatic carbocycles. The molecule has 6 heteroatoms. The summed E-state index contributed by atoms with van der Waals surface area (Å²) < 4.78 is 10.3. The monoisotopic (exact) mass is 342 g/mol. The molecule has 24 heavy (non-hydrogen) atoms. The Morgan fingerprint density at radius 3 is 1.83 bits per heavy atom. The van der Waals surface area contributed by atoms with E-state index in [2.05, 4.69) is 5.32 Å². The number of benzene rings is 2. The van der Waals surface area contributed by atoms with Crippen LogP contribution in [0.4, 0.5) is 0 Å². The van der Waals surface area contributed by atoms with Crippen molar-refractivity contribution < 1.29 is 14.3 Å². The van der Waals surface area contributed by atoms with Crippen LogP contribution in [0.15, 0.2) is 54.7 Å². The van der Waals surface area contributed by atoms with Gasteiger partial charge in [-0.15, -0.1) is 0 Å². The Bertz CT molecular complexity index is 753. The van der Waals surface area contributed by atoms with Gasteiger partial charge in [-0.25, -0.2) is 0 Å². The molecule has 0 fully saturated rings. The first-order chi connectivity index (χ1) is 11.5. The molecule has 0 aliphatic carbocycles. The number of ketones is 1. The number of nitrogens with one attached hydrogen (secondary N) is 1. The fourth-order valence-electron chi connectivity index (χ4n) is 2.09. The lowest BCUT2D eigenvalue weighted by atomic mass is 9.97. The lowest BCUT2D eigenvalue weighted by Gasteiger charge is -2.10. The molecular weight excluding hydrogens is 324 g/mol. The Balaban J connectivity index is 2.38. The number of rotatable bonds is 6. The maximum Gasteiger partial charge on any atom is 0.195 e. The predicted molar refractivity (Wildman–Crippen MR) is 98.2 cm³/mol. The minimum Gasteiger partial charge on any atom is -0.497 e. The highest BCUT2D eigenvalue weighted by Gasteiger charge is 2.15. The van der Waals surface area contributed by atoms with Crippen molar-refractivity contribution >= 4 is 28.7 Å². The van der Waals surface area contributed by atoms with Crippen molar-refractivity contribution in [3.05, 3.63) is 65.9 Å². The number of thiocarbonyl (C=S) groups is 1. The first-order valence-electron chi connectivity index (χ1n) is 7.14. The second-order valence-electron chi connectivity index (χ2n) is 4.85. The number of carbonyl (C=O) groups is 1. The third kappa shape index (κ3) is 4.33. The zero-order chi connectivity index (χ0) is 17.5. The molecule has 0 aromatic heterocycles. The van der Waals surface area contributed by atoms with E-state index in [0.717, 1.165) is 5.56 Å². The van der Waals surface area contributed by atoms with Crippen LogP contribution in [0.3, 0.4) is 0 Å². The van der Waals surface area contributed by atoms with Gasteiger partial charge in [0.15, 0.2) is 10.9 Å². The largest absolute Gasteiger partial charge is 0.497 e. The van der Waals surface area contributed by atoms with Gasteiger partial charge in [0.2, 0.25) is 0 Å². The summed E-state index contributed by atoms with van der Waals surface area (Å²) in [6, 6.07) is 14.1. The quantitative estimate of drug-likeness (QED) is 0.478. The third-order valence-electron chi connectivity index (χ3n) is 3.36. The summed E-state index contributed by atoms with van der Waals surface area (Å²) in [6.45, 7) is 0. The fraction of sp³-hybridized carbons (Fsp3) is 0.111. The van der Waals surface area contributed by atoms with E-state index in [1.165, 1.54) is 6.20 Å². The molecular formula is C18H18N2O3S. The third-order valence-corrected chi connectivity index (χ3v) is 3.47. The Labute approximate surface area is 146 Å². The van der Waals surface area contributed by atoms with E-state index in [1.807, 2.05) is 0 Å². The number of carbonyl (C=O) groups excluding carboxylic acids is 1. The summed E-state index contributed by atoms with van der Waals surface area (Å²) in [6.07, 6.45) is 1.51. The molecule has 0 saturated carbocycles. The number of ether oxygens (including phenoxy) is 2. The number of allylic oxidation sites excluding steroid dienone is 1. The second kappa shape index (κ2) is 8.12. The van der Waals surface area contributed by atoms with E-state index in [9.17, 15) is 4.79 Å². The maximum atomic E-state index is 12.8. The highest BCUT2D eigenvalue weighted by Crippen LogP contribution is 2.23. The molecule has 0 bridgehead atoms. The zero-order valence-corrected chi connectivity index (χ0v) is 14.2. The summed E-state index contributed by atoms with van der Waals surface area (Å²) in [7, 11) is 3.16. The van der Waals surface area contributed by atoms with Crippen molar-refractivity contribution in [1.29, 1.82) is 0 Å². The van der Waals surface area contributed by atoms with E-state index in [0.29, 0.717) is 22.6 Å². The van der Waals surface area contributed by atoms with Crippen molar-refractivity contribution in [2.24, 2.45) is 5.73 Å². The van der Waals surface area contributed by atoms with Crippen molar-refractivity contribution in [3.8, 4) is 11.5 Å². The van der Waals surface area contributed by atoms with E-state index in [1.54, 1.807) is 62.8 Å². The summed E-state index contributed by atoms with van der Waals surface area (Å²) in [4.78, 5) is 12.8. The van der Waals surface area contributed by atoms with Crippen LogP contribution in [-0.2, 0) is 0 Å². The van der Waals surface area contributed by atoms with Crippen LogP contribution >= 0.6 is 12.2 Å². The first-order valence-corrected chi connectivity index (χ1v) is 7.55. The number of Topliss-reactive ketones (excluding diaryl/α,β-unsaturated/α-hetero) is 1. The highest BCUT2D eigenvalue weighted by atomic mass is 32.1. The minimum absolute atomic E-state index is 0.0866. The van der Waals surface area contributed by atoms with Crippen LogP contribution in [0.5, 0.6) is 11.5 Å². The van der Waals surface area contributed by atoms with Gasteiger partial charge in [0.25, 0.3) is 0 Å². The van der Waals surface area contributed by atoms with Crippen LogP contribution in [0.1, 0.15) is 15.9 Å². The topological polar surface area (TPSA) is 73.6 Å². The summed E-state index contributed by atoms with van der Waals surface area (Å²) in [5.74, 6) is 1.23. The van der Waals surface area contributed by atoms with Gasteiger partial charge in [-0.1, -0.05) is 12.1 Å². The molecule has 0 saturated heterocycles. The number of nitrogens with two attached hydrogens (primary N) is 1. The number of hydrogen-bond donors (Lipinski definition) is 2. The second-order valence-corrected chi connectivity index (χ2v) is 5.29. The molecule has 0 atom stereocenters. The first kappa shape index (κ1) is 17.5. The lowest BCUT2D eigenvalue weighted by molar-refractivity contribution is 0.105. The Kier molecular flexibility index (Phi) is 5.92. The number of methoxy groups -OCH3 is 2. The van der Waals surface area contributed by atoms with Crippen LogP contribution in [-0.4, -0.2) is 25.1 Å². The van der Waals surface area contributed by atoms with Gasteiger partial charge in [-0.3, -0.25) is 4.79 Å². The van der Waals surface area contributed by atoms with Gasteiger partial charge < -0.3 is 20.5 Å². The van der Waals surface area contributed by atoms with Crippen LogP contribution in [0.25, 0.3) is 5.57 Å². The Morgan fingerprint density at radius 2 is 1.42 bits per heavy atom. The van der Waals surface area contributed by atoms with E-state index in [-0.39, 0.29) is 10.9 Å². The molecule has 0 aliphatic heterocycles. The molecule has 2 rings (SSSR count). The molecule has 0 heterocycles. The van der Waals surface area contributed by atoms with Crippen LogP contribution in [0, 0.1) is 0 Å². The summed E-state index contributed by atoms with van der Waals surface area (Å²) in [5.41, 5.74) is 7.16. The van der Waals surface area contributed by atoms with Gasteiger partial charge in [0.1, 0.15) is 11.5 Å². The van der Waals surface area contributed by atoms with Gasteiger partial charge in [0, 0.05) is 17.3 Å². The van der Waals surface area contributed by atoms with E-state index < -0.39 is 0 Å². The molecule has 124 valence electrons. The molecule has 3 N–H and O–H groups in total. The molecule has 2 aromatic rings. The van der Waals surface area contributed by atoms with Gasteiger partial charge in [-0.05, 0) is 54.2 Å². The highest BCUT2D eigenvalue weighted by molar-refractivity contribution is 7.80. The molecule has 0 aliphatic rings. The van der Waals surface area contributed by atoms with Crippen molar-refractivity contribution in [3.63, 3.8) is 0 Å². The normalized spacial score (nSPS) is 10.8. The summed E-state index contributed by atoms with van der Waals surface area (Å²) >= 11 is 4.81. The maximum absolute atomic E-state index is 12.8. The summed E-state index contributed by atoms with van der Waals surface area (Å²) in [5, 5.41) is 2.80. The van der Waals surface area contributed by atoms with Gasteiger partial charge >= 0.3 is 0 Å². The van der Waals surface area contributed by atoms with Crippen LogP contribution in [0.2, 0.25) is 0 Å². The Morgan fingerprint density at radius 1 is 0.958 bits per heavy atom. The standard InChI is InChI=1S/C18H18N2O3S/c1-22-14-7-3-12(4-8-14)16(11-20-18(19)24)17(21)13-5-9-15(23-2)10-6-13/h3-11H,1-2H3,(H3,19,20,24). The average Bonchev–Trinajstić information content (AvgIpc) is 2.62. The van der Waals surface area contributed by atoms with Gasteiger partial charge in [-0.2, -0.15) is 0 Å². The smallest absolute Gasteiger partial charge is 0.195 e. The van der Waals surface area contributed by atoms with Crippen molar-refractivity contribution in [2.75, 3.05) is 14.2 Å². The SMILES string of the molecule is COc1ccc(C(=O)C(=CNC(N)=S)c2ccc(OC)cc2)cc1. The molecule has 5 nitrogen and oxygen atoms in total. The van der Waals surface area contributed by atoms with Crippen molar-refractivity contribution in [2.45, 2.75) is 0 Å².